The van der Waals surface area contributed by atoms with Gasteiger partial charge in [-0.05, 0) is 25.5 Å². The second-order valence-electron chi connectivity index (χ2n) is 5.85. The molecule has 1 aliphatic heterocycles. The number of hydrogen-bond donors (Lipinski definition) is 2. The third-order valence-corrected chi connectivity index (χ3v) is 4.12. The summed E-state index contributed by atoms with van der Waals surface area (Å²) in [5.74, 6) is 3.48. The van der Waals surface area contributed by atoms with Crippen molar-refractivity contribution in [1.29, 1.82) is 0 Å². The average Bonchev–Trinajstić information content (AvgIpc) is 3.14. The minimum Gasteiger partial charge on any atom is -0.488 e. The first-order valence-electron chi connectivity index (χ1n) is 8.29. The minimum absolute atomic E-state index is 0. The van der Waals surface area contributed by atoms with Crippen LogP contribution in [0.1, 0.15) is 24.1 Å². The molecule has 0 saturated carbocycles. The van der Waals surface area contributed by atoms with Gasteiger partial charge < -0.3 is 19.9 Å². The number of hydrogen-bond acceptors (Lipinski definition) is 4. The molecule has 0 saturated heterocycles. The summed E-state index contributed by atoms with van der Waals surface area (Å²) in [6, 6.07) is 8.19. The van der Waals surface area contributed by atoms with Crippen molar-refractivity contribution in [2.75, 3.05) is 13.1 Å². The number of nitrogens with zero attached hydrogens (tertiary/aromatic N) is 4. The number of ether oxygens (including phenoxy) is 1. The molecule has 25 heavy (non-hydrogen) atoms. The zero-order valence-electron chi connectivity index (χ0n) is 14.8. The fourth-order valence-corrected chi connectivity index (χ4v) is 2.66. The molecule has 1 aromatic carbocycles. The number of nitrogens with one attached hydrogen (secondary N) is 2. The fraction of sp³-hybridized carbons (Fsp3) is 0.471. The van der Waals surface area contributed by atoms with Crippen molar-refractivity contribution in [2.24, 2.45) is 12.0 Å². The molecular weight excluding hydrogens is 431 g/mol. The summed E-state index contributed by atoms with van der Waals surface area (Å²) < 4.78 is 7.90. The Morgan fingerprint density at radius 1 is 1.32 bits per heavy atom. The van der Waals surface area contributed by atoms with Crippen LogP contribution >= 0.6 is 24.0 Å². The zero-order chi connectivity index (χ0) is 16.9. The Morgan fingerprint density at radius 3 is 2.80 bits per heavy atom. The van der Waals surface area contributed by atoms with Crippen molar-refractivity contribution in [1.82, 2.24) is 25.4 Å². The molecule has 0 fully saturated rings. The number of guanidine groups is 1. The first-order chi connectivity index (χ1) is 11.7. The Labute approximate surface area is 165 Å². The van der Waals surface area contributed by atoms with Gasteiger partial charge in [0.25, 0.3) is 0 Å². The summed E-state index contributed by atoms with van der Waals surface area (Å²) in [6.07, 6.45) is 1.05. The van der Waals surface area contributed by atoms with Crippen LogP contribution in [0.3, 0.4) is 0 Å². The van der Waals surface area contributed by atoms with Crippen molar-refractivity contribution in [3.05, 3.63) is 41.5 Å². The van der Waals surface area contributed by atoms with Crippen LogP contribution in [0.5, 0.6) is 5.75 Å². The molecular formula is C17H25IN6O. The number of fused-ring (bicyclic) bond motifs is 1. The molecule has 1 aromatic heterocycles. The minimum atomic E-state index is 0. The Kier molecular flexibility index (Phi) is 7.03. The van der Waals surface area contributed by atoms with Crippen LogP contribution in [-0.4, -0.2) is 39.9 Å². The van der Waals surface area contributed by atoms with Crippen molar-refractivity contribution in [3.63, 3.8) is 0 Å². The molecule has 0 aliphatic carbocycles. The molecule has 2 N–H and O–H groups in total. The first kappa shape index (κ1) is 19.5. The third-order valence-electron chi connectivity index (χ3n) is 4.12. The van der Waals surface area contributed by atoms with E-state index in [1.807, 2.05) is 43.7 Å². The smallest absolute Gasteiger partial charge is 0.191 e. The Balaban J connectivity index is 0.00000225. The largest absolute Gasteiger partial charge is 0.488 e. The summed E-state index contributed by atoms with van der Waals surface area (Å²) >= 11 is 0. The SMILES string of the molecule is CCNC(=NCc1nnc(C)n1C)NCC1Cc2ccccc2O1.I. The van der Waals surface area contributed by atoms with Gasteiger partial charge in [-0.1, -0.05) is 18.2 Å². The van der Waals surface area contributed by atoms with Crippen molar-refractivity contribution in [2.45, 2.75) is 32.9 Å². The molecule has 8 heteroatoms. The van der Waals surface area contributed by atoms with Gasteiger partial charge >= 0.3 is 0 Å². The van der Waals surface area contributed by atoms with Crippen LogP contribution in [0.2, 0.25) is 0 Å². The number of benzene rings is 1. The fourth-order valence-electron chi connectivity index (χ4n) is 2.66. The van der Waals surface area contributed by atoms with E-state index in [1.54, 1.807) is 0 Å². The monoisotopic (exact) mass is 456 g/mol. The molecule has 1 unspecified atom stereocenters. The molecule has 2 aromatic rings. The van der Waals surface area contributed by atoms with Gasteiger partial charge in [-0.25, -0.2) is 4.99 Å². The highest BCUT2D eigenvalue weighted by Crippen LogP contribution is 2.27. The predicted molar refractivity (Wildman–Crippen MR) is 109 cm³/mol. The second kappa shape index (κ2) is 9.02. The van der Waals surface area contributed by atoms with E-state index in [1.165, 1.54) is 5.56 Å². The van der Waals surface area contributed by atoms with E-state index >= 15 is 0 Å². The molecule has 1 atom stereocenters. The molecule has 0 radical (unpaired) electrons. The van der Waals surface area contributed by atoms with Crippen molar-refractivity contribution >= 4 is 29.9 Å². The van der Waals surface area contributed by atoms with E-state index in [9.17, 15) is 0 Å². The molecule has 3 rings (SSSR count). The van der Waals surface area contributed by atoms with Gasteiger partial charge in [-0.3, -0.25) is 0 Å². The van der Waals surface area contributed by atoms with Crippen LogP contribution in [0.4, 0.5) is 0 Å². The third kappa shape index (κ3) is 4.83. The zero-order valence-corrected chi connectivity index (χ0v) is 17.2. The molecule has 136 valence electrons. The second-order valence-corrected chi connectivity index (χ2v) is 5.85. The first-order valence-corrected chi connectivity index (χ1v) is 8.29. The van der Waals surface area contributed by atoms with Gasteiger partial charge in [-0.15, -0.1) is 34.2 Å². The highest BCUT2D eigenvalue weighted by Gasteiger charge is 2.22. The average molecular weight is 456 g/mol. The number of aromatic nitrogens is 3. The van der Waals surface area contributed by atoms with E-state index in [2.05, 4.69) is 31.9 Å². The summed E-state index contributed by atoms with van der Waals surface area (Å²) in [6.45, 7) is 5.97. The Bertz CT molecular complexity index is 705. The normalized spacial score (nSPS) is 16.0. The molecule has 0 amide bonds. The maximum absolute atomic E-state index is 5.95. The van der Waals surface area contributed by atoms with Gasteiger partial charge in [0, 0.05) is 20.0 Å². The number of rotatable bonds is 5. The van der Waals surface area contributed by atoms with Gasteiger partial charge in [0.1, 0.15) is 24.2 Å². The number of para-hydroxylation sites is 1. The highest BCUT2D eigenvalue weighted by molar-refractivity contribution is 14.0. The molecule has 0 spiro atoms. The maximum Gasteiger partial charge on any atom is 0.191 e. The van der Waals surface area contributed by atoms with Crippen molar-refractivity contribution in [3.8, 4) is 5.75 Å². The number of aliphatic imine (C=N–C) groups is 1. The van der Waals surface area contributed by atoms with Gasteiger partial charge in [0.05, 0.1) is 6.54 Å². The van der Waals surface area contributed by atoms with Crippen LogP contribution < -0.4 is 15.4 Å². The van der Waals surface area contributed by atoms with Crippen LogP contribution in [0.15, 0.2) is 29.3 Å². The van der Waals surface area contributed by atoms with Crippen LogP contribution in [-0.2, 0) is 20.0 Å². The van der Waals surface area contributed by atoms with Crippen molar-refractivity contribution < 1.29 is 4.74 Å². The van der Waals surface area contributed by atoms with Gasteiger partial charge in [-0.2, -0.15) is 0 Å². The van der Waals surface area contributed by atoms with Gasteiger partial charge in [0.15, 0.2) is 11.8 Å². The molecule has 0 bridgehead atoms. The lowest BCUT2D eigenvalue weighted by Crippen LogP contribution is -2.42. The molecule has 1 aliphatic rings. The van der Waals surface area contributed by atoms with Crippen LogP contribution in [0, 0.1) is 6.92 Å². The maximum atomic E-state index is 5.95. The number of halogens is 1. The summed E-state index contributed by atoms with van der Waals surface area (Å²) in [4.78, 5) is 4.58. The topological polar surface area (TPSA) is 76.4 Å². The predicted octanol–water partition coefficient (Wildman–Crippen LogP) is 1.80. The summed E-state index contributed by atoms with van der Waals surface area (Å²) in [7, 11) is 1.95. The lowest BCUT2D eigenvalue weighted by atomic mass is 10.1. The number of aryl methyl sites for hydroxylation is 1. The Hall–Kier alpha value is -1.84. The quantitative estimate of drug-likeness (QED) is 0.408. The summed E-state index contributed by atoms with van der Waals surface area (Å²) in [5, 5.41) is 14.8. The summed E-state index contributed by atoms with van der Waals surface area (Å²) in [5.41, 5.74) is 1.26. The molecule has 7 nitrogen and oxygen atoms in total. The van der Waals surface area contributed by atoms with E-state index in [4.69, 9.17) is 4.74 Å². The van der Waals surface area contributed by atoms with E-state index in [0.717, 1.165) is 36.3 Å². The van der Waals surface area contributed by atoms with Gasteiger partial charge in [0.2, 0.25) is 0 Å². The lowest BCUT2D eigenvalue weighted by molar-refractivity contribution is 0.235. The standard InChI is InChI=1S/C17H24N6O.HI/c1-4-18-17(20-11-16-22-21-12(2)23(16)3)19-10-14-9-13-7-5-6-8-15(13)24-14;/h5-8,14H,4,9-11H2,1-3H3,(H2,18,19,20);1H. The molecule has 2 heterocycles. The van der Waals surface area contributed by atoms with E-state index < -0.39 is 0 Å². The van der Waals surface area contributed by atoms with Crippen LogP contribution in [0.25, 0.3) is 0 Å². The lowest BCUT2D eigenvalue weighted by Gasteiger charge is -2.15. The van der Waals surface area contributed by atoms with E-state index in [-0.39, 0.29) is 30.1 Å². The Morgan fingerprint density at radius 2 is 2.12 bits per heavy atom. The van der Waals surface area contributed by atoms with E-state index in [0.29, 0.717) is 13.1 Å². The highest BCUT2D eigenvalue weighted by atomic mass is 127.